The molecule has 0 aliphatic heterocycles. The second-order valence-electron chi connectivity index (χ2n) is 4.68. The number of carbonyl (C=O) groups is 2. The van der Waals surface area contributed by atoms with Crippen molar-refractivity contribution >= 4 is 34.7 Å². The lowest BCUT2D eigenvalue weighted by atomic mass is 10.1. The number of benzene rings is 2. The highest BCUT2D eigenvalue weighted by Crippen LogP contribution is 2.20. The van der Waals surface area contributed by atoms with E-state index in [0.717, 1.165) is 5.56 Å². The largest absolute Gasteiger partial charge is 0.506 e. The Balaban J connectivity index is 2.18. The highest BCUT2D eigenvalue weighted by Gasteiger charge is 2.22. The van der Waals surface area contributed by atoms with E-state index in [1.54, 1.807) is 54.6 Å². The Hall–Kier alpha value is -2.59. The zero-order valence-corrected chi connectivity index (χ0v) is 12.6. The van der Waals surface area contributed by atoms with Gasteiger partial charge in [-0.05, 0) is 19.1 Å². The van der Waals surface area contributed by atoms with Crippen LogP contribution in [0.1, 0.15) is 11.1 Å². The number of carbonyl (C=O) groups excluding carboxylic acids is 2. The molecular weight excluding hydrogens is 302 g/mol. The Bertz CT molecular complexity index is 721. The molecule has 0 unspecified atom stereocenters. The summed E-state index contributed by atoms with van der Waals surface area (Å²) in [4.78, 5) is 23.8. The van der Waals surface area contributed by atoms with Gasteiger partial charge in [-0.3, -0.25) is 9.59 Å². The molecule has 112 valence electrons. The van der Waals surface area contributed by atoms with Gasteiger partial charge in [-0.2, -0.15) is 0 Å². The van der Waals surface area contributed by atoms with E-state index in [0.29, 0.717) is 11.3 Å². The average Bonchev–Trinajstić information content (AvgIpc) is 2.54. The quantitative estimate of drug-likeness (QED) is 0.514. The molecule has 0 fully saturated rings. The molecule has 2 rings (SSSR count). The molecule has 0 radical (unpaired) electrons. The molecule has 2 N–H and O–H groups in total. The van der Waals surface area contributed by atoms with Gasteiger partial charge in [-0.1, -0.05) is 59.6 Å². The summed E-state index contributed by atoms with van der Waals surface area (Å²) in [5.74, 6) is -2.33. The lowest BCUT2D eigenvalue weighted by molar-refractivity contribution is -0.132. The first-order valence-electron chi connectivity index (χ1n) is 6.55. The first-order valence-corrected chi connectivity index (χ1v) is 6.93. The number of aryl methyl sites for hydroxylation is 1. The number of ketones is 1. The number of aliphatic hydroxyl groups is 1. The summed E-state index contributed by atoms with van der Waals surface area (Å²) in [6.07, 6.45) is 0. The molecule has 0 saturated carbocycles. The Kier molecular flexibility index (Phi) is 4.96. The SMILES string of the molecule is Cc1ccc(C(O)=C(Cl)C(=O)C(=O)Nc2ccccc2)cc1. The van der Waals surface area contributed by atoms with Crippen molar-refractivity contribution < 1.29 is 14.7 Å². The summed E-state index contributed by atoms with van der Waals surface area (Å²) < 4.78 is 0. The number of halogens is 1. The lowest BCUT2D eigenvalue weighted by Gasteiger charge is -2.06. The number of amides is 1. The molecule has 0 bridgehead atoms. The fraction of sp³-hybridized carbons (Fsp3) is 0.0588. The Morgan fingerprint density at radius 3 is 2.18 bits per heavy atom. The smallest absolute Gasteiger partial charge is 0.297 e. The molecule has 0 heterocycles. The van der Waals surface area contributed by atoms with Crippen molar-refractivity contribution in [2.45, 2.75) is 6.92 Å². The molecule has 0 atom stereocenters. The fourth-order valence-corrected chi connectivity index (χ4v) is 1.95. The van der Waals surface area contributed by atoms with Crippen molar-refractivity contribution in [1.29, 1.82) is 0 Å². The molecule has 0 spiro atoms. The summed E-state index contributed by atoms with van der Waals surface area (Å²) >= 11 is 5.84. The van der Waals surface area contributed by atoms with E-state index in [9.17, 15) is 14.7 Å². The van der Waals surface area contributed by atoms with Crippen molar-refractivity contribution in [3.8, 4) is 0 Å². The van der Waals surface area contributed by atoms with Crippen LogP contribution in [0.25, 0.3) is 5.76 Å². The third-order valence-electron chi connectivity index (χ3n) is 2.97. The van der Waals surface area contributed by atoms with E-state index in [1.807, 2.05) is 6.92 Å². The Labute approximate surface area is 133 Å². The van der Waals surface area contributed by atoms with E-state index >= 15 is 0 Å². The van der Waals surface area contributed by atoms with Gasteiger partial charge < -0.3 is 10.4 Å². The first-order chi connectivity index (χ1) is 10.5. The van der Waals surface area contributed by atoms with Crippen LogP contribution in [-0.2, 0) is 9.59 Å². The first kappa shape index (κ1) is 15.8. The molecular formula is C17H14ClNO3. The van der Waals surface area contributed by atoms with Crippen molar-refractivity contribution in [3.05, 3.63) is 70.8 Å². The predicted molar refractivity (Wildman–Crippen MR) is 86.7 cm³/mol. The third-order valence-corrected chi connectivity index (χ3v) is 3.32. The molecule has 0 aliphatic carbocycles. The number of para-hydroxylation sites is 1. The van der Waals surface area contributed by atoms with Crippen LogP contribution in [-0.4, -0.2) is 16.8 Å². The van der Waals surface area contributed by atoms with Gasteiger partial charge in [0.25, 0.3) is 11.7 Å². The molecule has 5 heteroatoms. The normalized spacial score (nSPS) is 11.5. The maximum atomic E-state index is 12.0. The molecule has 22 heavy (non-hydrogen) atoms. The highest BCUT2D eigenvalue weighted by molar-refractivity contribution is 6.60. The molecule has 0 aliphatic rings. The molecule has 4 nitrogen and oxygen atoms in total. The van der Waals surface area contributed by atoms with E-state index in [2.05, 4.69) is 5.32 Å². The number of rotatable bonds is 4. The second kappa shape index (κ2) is 6.91. The van der Waals surface area contributed by atoms with Crippen LogP contribution >= 0.6 is 11.6 Å². The minimum Gasteiger partial charge on any atom is -0.506 e. The minimum absolute atomic E-state index is 0.372. The number of hydrogen-bond acceptors (Lipinski definition) is 3. The van der Waals surface area contributed by atoms with Gasteiger partial charge in [0.15, 0.2) is 0 Å². The molecule has 1 amide bonds. The highest BCUT2D eigenvalue weighted by atomic mass is 35.5. The van der Waals surface area contributed by atoms with Crippen LogP contribution in [0, 0.1) is 6.92 Å². The van der Waals surface area contributed by atoms with Crippen molar-refractivity contribution in [2.24, 2.45) is 0 Å². The summed E-state index contributed by atoms with van der Waals surface area (Å²) in [6, 6.07) is 15.3. The fourth-order valence-electron chi connectivity index (χ4n) is 1.75. The van der Waals surface area contributed by atoms with Crippen LogP contribution in [0.5, 0.6) is 0 Å². The monoisotopic (exact) mass is 315 g/mol. The van der Waals surface area contributed by atoms with Gasteiger partial charge >= 0.3 is 0 Å². The topological polar surface area (TPSA) is 66.4 Å². The van der Waals surface area contributed by atoms with Crippen LogP contribution in [0.15, 0.2) is 59.6 Å². The minimum atomic E-state index is -0.997. The number of aliphatic hydroxyl groups excluding tert-OH is 1. The standard InChI is InChI=1S/C17H14ClNO3/c1-11-7-9-12(10-8-11)15(20)14(18)16(21)17(22)19-13-5-3-2-4-6-13/h2-10,20H,1H3,(H,19,22). The maximum Gasteiger partial charge on any atom is 0.297 e. The lowest BCUT2D eigenvalue weighted by Crippen LogP contribution is -2.23. The van der Waals surface area contributed by atoms with E-state index < -0.39 is 22.5 Å². The molecule has 2 aromatic carbocycles. The Morgan fingerprint density at radius 1 is 1.00 bits per heavy atom. The average molecular weight is 316 g/mol. The van der Waals surface area contributed by atoms with Gasteiger partial charge in [0, 0.05) is 11.3 Å². The van der Waals surface area contributed by atoms with Gasteiger partial charge in [-0.15, -0.1) is 0 Å². The molecule has 2 aromatic rings. The third kappa shape index (κ3) is 3.74. The summed E-state index contributed by atoms with van der Waals surface area (Å²) in [7, 11) is 0. The number of nitrogens with one attached hydrogen (secondary N) is 1. The van der Waals surface area contributed by atoms with Crippen molar-refractivity contribution in [3.63, 3.8) is 0 Å². The van der Waals surface area contributed by atoms with Crippen LogP contribution in [0.4, 0.5) is 5.69 Å². The second-order valence-corrected chi connectivity index (χ2v) is 5.06. The number of anilines is 1. The van der Waals surface area contributed by atoms with Crippen molar-refractivity contribution in [1.82, 2.24) is 0 Å². The zero-order chi connectivity index (χ0) is 16.1. The number of Topliss-reactive ketones (excluding diaryl/α,β-unsaturated/α-hetero) is 1. The van der Waals surface area contributed by atoms with Gasteiger partial charge in [0.05, 0.1) is 0 Å². The maximum absolute atomic E-state index is 12.0. The van der Waals surface area contributed by atoms with Gasteiger partial charge in [0.1, 0.15) is 10.8 Å². The van der Waals surface area contributed by atoms with Gasteiger partial charge in [0.2, 0.25) is 0 Å². The van der Waals surface area contributed by atoms with Crippen LogP contribution < -0.4 is 5.32 Å². The van der Waals surface area contributed by atoms with Crippen LogP contribution in [0.3, 0.4) is 0 Å². The number of hydrogen-bond donors (Lipinski definition) is 2. The van der Waals surface area contributed by atoms with Crippen molar-refractivity contribution in [2.75, 3.05) is 5.32 Å². The van der Waals surface area contributed by atoms with Gasteiger partial charge in [-0.25, -0.2) is 0 Å². The summed E-state index contributed by atoms with van der Waals surface area (Å²) in [6.45, 7) is 1.89. The van der Waals surface area contributed by atoms with E-state index in [1.165, 1.54) is 0 Å². The summed E-state index contributed by atoms with van der Waals surface area (Å²) in [5, 5.41) is 11.9. The Morgan fingerprint density at radius 2 is 1.59 bits per heavy atom. The molecule has 0 saturated heterocycles. The van der Waals surface area contributed by atoms with Crippen LogP contribution in [0.2, 0.25) is 0 Å². The van der Waals surface area contributed by atoms with E-state index in [4.69, 9.17) is 11.6 Å². The predicted octanol–water partition coefficient (Wildman–Crippen LogP) is 3.67. The van der Waals surface area contributed by atoms with E-state index in [-0.39, 0.29) is 0 Å². The summed E-state index contributed by atoms with van der Waals surface area (Å²) in [5.41, 5.74) is 1.84. The molecule has 0 aromatic heterocycles. The zero-order valence-electron chi connectivity index (χ0n) is 11.8.